The van der Waals surface area contributed by atoms with Crippen LogP contribution in [0.1, 0.15) is 41.4 Å². The first-order chi connectivity index (χ1) is 12.5. The van der Waals surface area contributed by atoms with Crippen molar-refractivity contribution in [1.82, 2.24) is 15.3 Å². The maximum Gasteiger partial charge on any atom is 0.220 e. The molecule has 26 heavy (non-hydrogen) atoms. The highest BCUT2D eigenvalue weighted by Gasteiger charge is 2.24. The number of nitrogens with zero attached hydrogens (tertiary/aromatic N) is 2. The number of benzene rings is 1. The number of fused-ring (bicyclic) bond motifs is 1. The largest absolute Gasteiger partial charge is 0.349 e. The van der Waals surface area contributed by atoms with Gasteiger partial charge in [0.2, 0.25) is 5.91 Å². The lowest BCUT2D eigenvalue weighted by atomic mass is 10.0. The van der Waals surface area contributed by atoms with E-state index in [9.17, 15) is 9.18 Å². The van der Waals surface area contributed by atoms with E-state index >= 15 is 0 Å². The van der Waals surface area contributed by atoms with Gasteiger partial charge in [0.05, 0.1) is 6.04 Å². The summed E-state index contributed by atoms with van der Waals surface area (Å²) in [6.45, 7) is 3.91. The number of thioether (sulfide) groups is 2. The summed E-state index contributed by atoms with van der Waals surface area (Å²) >= 11 is 3.03. The molecule has 4 nitrogen and oxygen atoms in total. The number of carbonyl (C=O) groups excluding carboxylic acids is 1. The summed E-state index contributed by atoms with van der Waals surface area (Å²) in [6, 6.07) is 4.96. The first-order valence-electron chi connectivity index (χ1n) is 8.58. The highest BCUT2D eigenvalue weighted by molar-refractivity contribution is 7.99. The second kappa shape index (κ2) is 8.39. The quantitative estimate of drug-likeness (QED) is 0.610. The van der Waals surface area contributed by atoms with E-state index in [-0.39, 0.29) is 17.8 Å². The predicted molar refractivity (Wildman–Crippen MR) is 104 cm³/mol. The van der Waals surface area contributed by atoms with Crippen LogP contribution in [0.2, 0.25) is 0 Å². The molecule has 0 fully saturated rings. The van der Waals surface area contributed by atoms with Gasteiger partial charge in [0.25, 0.3) is 0 Å². The van der Waals surface area contributed by atoms with Crippen LogP contribution in [0, 0.1) is 19.7 Å². The minimum absolute atomic E-state index is 0.0233. The van der Waals surface area contributed by atoms with E-state index in [0.717, 1.165) is 39.8 Å². The van der Waals surface area contributed by atoms with Crippen LogP contribution in [-0.2, 0) is 11.2 Å². The lowest BCUT2D eigenvalue weighted by Gasteiger charge is -2.26. The molecule has 0 radical (unpaired) electrons. The molecule has 0 spiro atoms. The van der Waals surface area contributed by atoms with Gasteiger partial charge in [-0.15, -0.1) is 11.8 Å². The van der Waals surface area contributed by atoms with Crippen molar-refractivity contribution in [2.24, 2.45) is 0 Å². The number of amides is 1. The molecule has 2 aromatic rings. The minimum Gasteiger partial charge on any atom is -0.349 e. The molecule has 0 aliphatic carbocycles. The van der Waals surface area contributed by atoms with Crippen molar-refractivity contribution >= 4 is 29.4 Å². The Balaban J connectivity index is 1.65. The molecule has 0 saturated heterocycles. The van der Waals surface area contributed by atoms with Crippen molar-refractivity contribution in [3.8, 4) is 0 Å². The van der Waals surface area contributed by atoms with Crippen molar-refractivity contribution in [2.75, 3.05) is 12.0 Å². The summed E-state index contributed by atoms with van der Waals surface area (Å²) < 4.78 is 14.0. The maximum atomic E-state index is 14.0. The van der Waals surface area contributed by atoms with E-state index < -0.39 is 0 Å². The van der Waals surface area contributed by atoms with Gasteiger partial charge in [0.1, 0.15) is 5.82 Å². The molecule has 1 aliphatic heterocycles. The van der Waals surface area contributed by atoms with Crippen LogP contribution in [0.25, 0.3) is 0 Å². The molecule has 1 N–H and O–H groups in total. The van der Waals surface area contributed by atoms with Crippen LogP contribution in [0.3, 0.4) is 0 Å². The van der Waals surface area contributed by atoms with Crippen LogP contribution in [0.15, 0.2) is 28.3 Å². The van der Waals surface area contributed by atoms with Gasteiger partial charge in [-0.25, -0.2) is 14.4 Å². The molecule has 2 heterocycles. The average Bonchev–Trinajstić information content (AvgIpc) is 2.61. The van der Waals surface area contributed by atoms with Gasteiger partial charge < -0.3 is 5.32 Å². The Morgan fingerprint density at radius 1 is 1.35 bits per heavy atom. The number of halogens is 1. The predicted octanol–water partition coefficient (Wildman–Crippen LogP) is 4.24. The number of hydrogen-bond acceptors (Lipinski definition) is 5. The fourth-order valence-electron chi connectivity index (χ4n) is 3.20. The highest BCUT2D eigenvalue weighted by atomic mass is 32.2. The third-order valence-corrected chi connectivity index (χ3v) is 6.25. The van der Waals surface area contributed by atoms with Crippen molar-refractivity contribution in [3.05, 3.63) is 46.5 Å². The van der Waals surface area contributed by atoms with Crippen molar-refractivity contribution in [1.29, 1.82) is 0 Å². The molecule has 1 aromatic heterocycles. The zero-order valence-corrected chi connectivity index (χ0v) is 16.8. The van der Waals surface area contributed by atoms with Crippen LogP contribution in [0.4, 0.5) is 4.39 Å². The second-order valence-electron chi connectivity index (χ2n) is 6.28. The molecule has 1 aromatic carbocycles. The van der Waals surface area contributed by atoms with E-state index in [2.05, 4.69) is 15.3 Å². The first-order valence-corrected chi connectivity index (χ1v) is 10.8. The number of carbonyl (C=O) groups is 1. The molecule has 3 rings (SSSR count). The molecule has 1 amide bonds. The van der Waals surface area contributed by atoms with Crippen LogP contribution in [-0.4, -0.2) is 27.9 Å². The van der Waals surface area contributed by atoms with Gasteiger partial charge >= 0.3 is 0 Å². The highest BCUT2D eigenvalue weighted by Crippen LogP contribution is 2.37. The molecular formula is C19H22FN3OS2. The third kappa shape index (κ3) is 4.20. The standard InChI is InChI=1S/C19H22FN3OS2/c1-11-13(12(2)22-19(21-11)25-3)7-8-17(24)23-16-9-10-26-18-14(16)5-4-6-15(18)20/h4-6,16H,7-10H2,1-3H3,(H,23,24)/t16-/m0/s1. The molecule has 7 heteroatoms. The molecule has 1 atom stereocenters. The van der Waals surface area contributed by atoms with Gasteiger partial charge in [-0.1, -0.05) is 23.9 Å². The van der Waals surface area contributed by atoms with E-state index in [1.807, 2.05) is 26.2 Å². The van der Waals surface area contributed by atoms with Crippen LogP contribution < -0.4 is 5.32 Å². The summed E-state index contributed by atoms with van der Waals surface area (Å²) in [7, 11) is 0. The van der Waals surface area contributed by atoms with Crippen LogP contribution >= 0.6 is 23.5 Å². The average molecular weight is 392 g/mol. The fourth-order valence-corrected chi connectivity index (χ4v) is 4.80. The monoisotopic (exact) mass is 391 g/mol. The van der Waals surface area contributed by atoms with E-state index in [4.69, 9.17) is 0 Å². The number of hydrogen-bond donors (Lipinski definition) is 1. The van der Waals surface area contributed by atoms with Gasteiger partial charge in [-0.2, -0.15) is 0 Å². The SMILES string of the molecule is CSc1nc(C)c(CCC(=O)N[C@H]2CCSc3c(F)cccc32)c(C)n1. The molecular weight excluding hydrogens is 369 g/mol. The first kappa shape index (κ1) is 19.2. The number of nitrogens with one attached hydrogen (secondary N) is 1. The zero-order chi connectivity index (χ0) is 18.7. The van der Waals surface area contributed by atoms with E-state index in [1.54, 1.807) is 6.07 Å². The Kier molecular flexibility index (Phi) is 6.19. The molecule has 0 unspecified atom stereocenters. The van der Waals surface area contributed by atoms with Crippen molar-refractivity contribution < 1.29 is 9.18 Å². The Bertz CT molecular complexity index is 805. The Morgan fingerprint density at radius 2 is 2.08 bits per heavy atom. The Labute approximate surface area is 161 Å². The van der Waals surface area contributed by atoms with Crippen molar-refractivity contribution in [3.63, 3.8) is 0 Å². The summed E-state index contributed by atoms with van der Waals surface area (Å²) in [5.74, 6) is 0.578. The molecule has 0 bridgehead atoms. The third-order valence-electron chi connectivity index (χ3n) is 4.55. The summed E-state index contributed by atoms with van der Waals surface area (Å²) in [4.78, 5) is 22.1. The normalized spacial score (nSPS) is 16.2. The van der Waals surface area contributed by atoms with Gasteiger partial charge in [-0.3, -0.25) is 4.79 Å². The summed E-state index contributed by atoms with van der Waals surface area (Å²) in [5.41, 5.74) is 3.77. The fraction of sp³-hybridized carbons (Fsp3) is 0.421. The van der Waals surface area contributed by atoms with E-state index in [1.165, 1.54) is 29.6 Å². The number of aromatic nitrogens is 2. The summed E-state index contributed by atoms with van der Waals surface area (Å²) in [6.07, 6.45) is 3.74. The number of rotatable bonds is 5. The maximum absolute atomic E-state index is 14.0. The smallest absolute Gasteiger partial charge is 0.220 e. The molecule has 0 saturated carbocycles. The van der Waals surface area contributed by atoms with Gasteiger partial charge in [0, 0.05) is 28.5 Å². The summed E-state index contributed by atoms with van der Waals surface area (Å²) in [5, 5.41) is 3.83. The van der Waals surface area contributed by atoms with E-state index in [0.29, 0.717) is 17.7 Å². The zero-order valence-electron chi connectivity index (χ0n) is 15.1. The second-order valence-corrected chi connectivity index (χ2v) is 8.15. The lowest BCUT2D eigenvalue weighted by Crippen LogP contribution is -2.31. The lowest BCUT2D eigenvalue weighted by molar-refractivity contribution is -0.121. The molecule has 1 aliphatic rings. The van der Waals surface area contributed by atoms with Crippen molar-refractivity contribution in [2.45, 2.75) is 49.2 Å². The van der Waals surface area contributed by atoms with Gasteiger partial charge in [-0.05, 0) is 50.1 Å². The molecule has 138 valence electrons. The minimum atomic E-state index is -0.205. The van der Waals surface area contributed by atoms with Crippen LogP contribution in [0.5, 0.6) is 0 Å². The Morgan fingerprint density at radius 3 is 2.77 bits per heavy atom. The topological polar surface area (TPSA) is 54.9 Å². The number of aryl methyl sites for hydroxylation is 2. The van der Waals surface area contributed by atoms with Gasteiger partial charge in [0.15, 0.2) is 5.16 Å². The Hall–Kier alpha value is -1.60.